The summed E-state index contributed by atoms with van der Waals surface area (Å²) in [6.07, 6.45) is 4.14. The minimum absolute atomic E-state index is 0.581. The monoisotopic (exact) mass is 246 g/mol. The second-order valence-corrected chi connectivity index (χ2v) is 6.49. The Morgan fingerprint density at radius 1 is 1.06 bits per heavy atom. The summed E-state index contributed by atoms with van der Waals surface area (Å²) < 4.78 is 0. The van der Waals surface area contributed by atoms with Gasteiger partial charge in [0.2, 0.25) is 0 Å². The summed E-state index contributed by atoms with van der Waals surface area (Å²) in [4.78, 5) is 0. The number of aliphatic hydroxyl groups is 1. The lowest BCUT2D eigenvalue weighted by Gasteiger charge is -2.38. The highest BCUT2D eigenvalue weighted by molar-refractivity contribution is 5.32. The number of benzene rings is 1. The first-order valence-electron chi connectivity index (χ1n) is 7.22. The van der Waals surface area contributed by atoms with Gasteiger partial charge < -0.3 is 5.11 Å². The first-order chi connectivity index (χ1) is 8.40. The molecule has 1 nitrogen and oxygen atoms in total. The normalized spacial score (nSPS) is 28.7. The van der Waals surface area contributed by atoms with Crippen LogP contribution in [0.1, 0.15) is 56.2 Å². The van der Waals surface area contributed by atoms with E-state index < -0.39 is 5.60 Å². The summed E-state index contributed by atoms with van der Waals surface area (Å²) in [6, 6.07) is 6.48. The van der Waals surface area contributed by atoms with Gasteiger partial charge in [-0.15, -0.1) is 0 Å². The first-order valence-corrected chi connectivity index (χ1v) is 7.22. The third-order valence-electron chi connectivity index (χ3n) is 4.56. The molecular formula is C17H26O. The van der Waals surface area contributed by atoms with Gasteiger partial charge in [0, 0.05) is 0 Å². The standard InChI is InChI=1S/C17H26O/c1-12(2)15-5-7-17(18,8-6-15)16-10-13(3)9-14(4)11-16/h9-12,15,18H,5-8H2,1-4H3. The molecule has 0 saturated heterocycles. The van der Waals surface area contributed by atoms with E-state index in [4.69, 9.17) is 0 Å². The van der Waals surface area contributed by atoms with Crippen molar-refractivity contribution >= 4 is 0 Å². The van der Waals surface area contributed by atoms with E-state index >= 15 is 0 Å². The molecule has 1 aromatic carbocycles. The average molecular weight is 246 g/mol. The predicted octanol–water partition coefficient (Wildman–Crippen LogP) is 4.34. The highest BCUT2D eigenvalue weighted by atomic mass is 16.3. The zero-order chi connectivity index (χ0) is 13.3. The van der Waals surface area contributed by atoms with Crippen LogP contribution in [0.3, 0.4) is 0 Å². The topological polar surface area (TPSA) is 20.2 Å². The SMILES string of the molecule is Cc1cc(C)cc(C2(O)CCC(C(C)C)CC2)c1. The predicted molar refractivity (Wildman–Crippen MR) is 76.6 cm³/mol. The maximum absolute atomic E-state index is 10.9. The molecule has 1 aliphatic rings. The van der Waals surface area contributed by atoms with Gasteiger partial charge in [-0.2, -0.15) is 0 Å². The second-order valence-electron chi connectivity index (χ2n) is 6.49. The molecule has 0 amide bonds. The molecular weight excluding hydrogens is 220 g/mol. The van der Waals surface area contributed by atoms with Crippen LogP contribution in [0, 0.1) is 25.7 Å². The molecule has 0 atom stereocenters. The molecule has 100 valence electrons. The highest BCUT2D eigenvalue weighted by Gasteiger charge is 2.35. The maximum Gasteiger partial charge on any atom is 0.0897 e. The maximum atomic E-state index is 10.9. The zero-order valence-corrected chi connectivity index (χ0v) is 12.2. The fourth-order valence-corrected chi connectivity index (χ4v) is 3.32. The van der Waals surface area contributed by atoms with Crippen LogP contribution in [0.2, 0.25) is 0 Å². The van der Waals surface area contributed by atoms with E-state index in [1.54, 1.807) is 0 Å². The van der Waals surface area contributed by atoms with Crippen LogP contribution in [0.15, 0.2) is 18.2 Å². The van der Waals surface area contributed by atoms with Gasteiger partial charge in [0.25, 0.3) is 0 Å². The Balaban J connectivity index is 2.18. The van der Waals surface area contributed by atoms with Crippen molar-refractivity contribution < 1.29 is 5.11 Å². The quantitative estimate of drug-likeness (QED) is 0.823. The lowest BCUT2D eigenvalue weighted by molar-refractivity contribution is -0.0200. The molecule has 0 heterocycles. The fourth-order valence-electron chi connectivity index (χ4n) is 3.32. The fraction of sp³-hybridized carbons (Fsp3) is 0.647. The highest BCUT2D eigenvalue weighted by Crippen LogP contribution is 2.42. The summed E-state index contributed by atoms with van der Waals surface area (Å²) in [5.41, 5.74) is 3.05. The summed E-state index contributed by atoms with van der Waals surface area (Å²) in [7, 11) is 0. The third kappa shape index (κ3) is 2.77. The van der Waals surface area contributed by atoms with Crippen LogP contribution in [0.4, 0.5) is 0 Å². The molecule has 18 heavy (non-hydrogen) atoms. The van der Waals surface area contributed by atoms with Gasteiger partial charge in [0.05, 0.1) is 5.60 Å². The largest absolute Gasteiger partial charge is 0.385 e. The molecule has 2 rings (SSSR count). The van der Waals surface area contributed by atoms with Crippen molar-refractivity contribution in [3.8, 4) is 0 Å². The second kappa shape index (κ2) is 5.05. The van der Waals surface area contributed by atoms with Gasteiger partial charge in [-0.25, -0.2) is 0 Å². The van der Waals surface area contributed by atoms with Gasteiger partial charge in [-0.1, -0.05) is 43.2 Å². The van der Waals surface area contributed by atoms with Crippen molar-refractivity contribution in [3.63, 3.8) is 0 Å². The lowest BCUT2D eigenvalue weighted by Crippen LogP contribution is -2.33. The Labute approximate surface area is 111 Å². The molecule has 1 saturated carbocycles. The van der Waals surface area contributed by atoms with E-state index in [1.807, 2.05) is 0 Å². The molecule has 0 radical (unpaired) electrons. The van der Waals surface area contributed by atoms with E-state index in [2.05, 4.69) is 45.9 Å². The minimum atomic E-state index is -0.581. The van der Waals surface area contributed by atoms with E-state index in [0.29, 0.717) is 0 Å². The van der Waals surface area contributed by atoms with Crippen molar-refractivity contribution in [1.29, 1.82) is 0 Å². The Bertz CT molecular complexity index is 391. The molecule has 1 fully saturated rings. The molecule has 1 heteroatoms. The van der Waals surface area contributed by atoms with Crippen LogP contribution in [0.5, 0.6) is 0 Å². The van der Waals surface area contributed by atoms with Gasteiger partial charge in [0.15, 0.2) is 0 Å². The summed E-state index contributed by atoms with van der Waals surface area (Å²) in [5, 5.41) is 10.9. The van der Waals surface area contributed by atoms with Crippen LogP contribution in [0.25, 0.3) is 0 Å². The van der Waals surface area contributed by atoms with Crippen molar-refractivity contribution in [2.24, 2.45) is 11.8 Å². The van der Waals surface area contributed by atoms with Crippen LogP contribution in [-0.2, 0) is 5.60 Å². The Morgan fingerprint density at radius 2 is 1.56 bits per heavy atom. The van der Waals surface area contributed by atoms with E-state index in [-0.39, 0.29) is 0 Å². The Morgan fingerprint density at radius 3 is 2.00 bits per heavy atom. The van der Waals surface area contributed by atoms with E-state index in [1.165, 1.54) is 11.1 Å². The zero-order valence-electron chi connectivity index (χ0n) is 12.2. The molecule has 0 aromatic heterocycles. The van der Waals surface area contributed by atoms with Crippen molar-refractivity contribution in [1.82, 2.24) is 0 Å². The molecule has 1 N–H and O–H groups in total. The van der Waals surface area contributed by atoms with Crippen molar-refractivity contribution in [2.45, 2.75) is 59.0 Å². The van der Waals surface area contributed by atoms with Gasteiger partial charge in [-0.3, -0.25) is 0 Å². The smallest absolute Gasteiger partial charge is 0.0897 e. The molecule has 0 unspecified atom stereocenters. The number of hydrogen-bond acceptors (Lipinski definition) is 1. The summed E-state index contributed by atoms with van der Waals surface area (Å²) in [5.74, 6) is 1.53. The minimum Gasteiger partial charge on any atom is -0.385 e. The van der Waals surface area contributed by atoms with Crippen LogP contribution in [-0.4, -0.2) is 5.11 Å². The Kier molecular flexibility index (Phi) is 3.82. The van der Waals surface area contributed by atoms with Crippen LogP contribution >= 0.6 is 0 Å². The molecule has 0 bridgehead atoms. The summed E-state index contributed by atoms with van der Waals surface area (Å²) >= 11 is 0. The average Bonchev–Trinajstić information content (AvgIpc) is 2.28. The van der Waals surface area contributed by atoms with Crippen molar-refractivity contribution in [2.75, 3.05) is 0 Å². The van der Waals surface area contributed by atoms with E-state index in [9.17, 15) is 5.11 Å². The van der Waals surface area contributed by atoms with E-state index in [0.717, 1.165) is 43.1 Å². The van der Waals surface area contributed by atoms with Gasteiger partial charge >= 0.3 is 0 Å². The number of aryl methyl sites for hydroxylation is 2. The van der Waals surface area contributed by atoms with Crippen molar-refractivity contribution in [3.05, 3.63) is 34.9 Å². The Hall–Kier alpha value is -0.820. The molecule has 0 spiro atoms. The van der Waals surface area contributed by atoms with Gasteiger partial charge in [-0.05, 0) is 56.9 Å². The molecule has 1 aromatic rings. The number of hydrogen-bond donors (Lipinski definition) is 1. The van der Waals surface area contributed by atoms with Crippen LogP contribution < -0.4 is 0 Å². The first kappa shape index (κ1) is 13.6. The summed E-state index contributed by atoms with van der Waals surface area (Å²) in [6.45, 7) is 8.82. The number of rotatable bonds is 2. The molecule has 1 aliphatic carbocycles. The van der Waals surface area contributed by atoms with Gasteiger partial charge in [0.1, 0.15) is 0 Å². The lowest BCUT2D eigenvalue weighted by atomic mass is 9.71. The molecule has 0 aliphatic heterocycles. The third-order valence-corrected chi connectivity index (χ3v) is 4.56.